The molecule has 2 rings (SSSR count). The van der Waals surface area contributed by atoms with E-state index in [1.54, 1.807) is 6.33 Å². The van der Waals surface area contributed by atoms with Crippen LogP contribution in [-0.2, 0) is 13.0 Å². The molecule has 1 aromatic rings. The van der Waals surface area contributed by atoms with Crippen molar-refractivity contribution in [3.05, 3.63) is 12.2 Å². The molecule has 4 atom stereocenters. The van der Waals surface area contributed by atoms with Gasteiger partial charge >= 0.3 is 0 Å². The molecule has 1 aromatic heterocycles. The Morgan fingerprint density at radius 1 is 1.50 bits per heavy atom. The first-order chi connectivity index (χ1) is 8.61. The number of hydrogen-bond acceptors (Lipinski definition) is 5. The molecule has 0 aromatic carbocycles. The number of aliphatic hydroxyl groups is 1. The van der Waals surface area contributed by atoms with E-state index in [1.165, 1.54) is 0 Å². The molecule has 0 spiro atoms. The lowest BCUT2D eigenvalue weighted by molar-refractivity contribution is 0.173. The van der Waals surface area contributed by atoms with Crippen LogP contribution in [0.15, 0.2) is 6.33 Å². The van der Waals surface area contributed by atoms with Crippen molar-refractivity contribution in [2.75, 3.05) is 5.75 Å². The predicted molar refractivity (Wildman–Crippen MR) is 78.2 cm³/mol. The van der Waals surface area contributed by atoms with Gasteiger partial charge in [0.25, 0.3) is 0 Å². The summed E-state index contributed by atoms with van der Waals surface area (Å²) >= 11 is 3.87. The second kappa shape index (κ2) is 6.30. The molecule has 2 heterocycles. The molecule has 1 aliphatic heterocycles. The van der Waals surface area contributed by atoms with E-state index in [4.69, 9.17) is 0 Å². The molecule has 0 bridgehead atoms. The number of thioether (sulfide) groups is 2. The van der Waals surface area contributed by atoms with E-state index < -0.39 is 0 Å². The maximum absolute atomic E-state index is 10.4. The summed E-state index contributed by atoms with van der Waals surface area (Å²) in [6.45, 7) is 7.36. The Morgan fingerprint density at radius 2 is 2.28 bits per heavy atom. The van der Waals surface area contributed by atoms with Gasteiger partial charge in [0.1, 0.15) is 12.2 Å². The van der Waals surface area contributed by atoms with Gasteiger partial charge in [-0.25, -0.2) is 4.98 Å². The van der Waals surface area contributed by atoms with Crippen LogP contribution in [0.2, 0.25) is 0 Å². The average molecular weight is 287 g/mol. The van der Waals surface area contributed by atoms with Gasteiger partial charge in [0.15, 0.2) is 0 Å². The van der Waals surface area contributed by atoms with Gasteiger partial charge in [0, 0.05) is 34.5 Å². The van der Waals surface area contributed by atoms with Crippen LogP contribution in [0.4, 0.5) is 0 Å². The summed E-state index contributed by atoms with van der Waals surface area (Å²) in [6, 6.07) is 0. The maximum Gasteiger partial charge on any atom is 0.138 e. The van der Waals surface area contributed by atoms with Crippen molar-refractivity contribution in [2.24, 2.45) is 0 Å². The Bertz CT molecular complexity index is 385. The largest absolute Gasteiger partial charge is 0.391 e. The number of rotatable bonds is 4. The fourth-order valence-corrected chi connectivity index (χ4v) is 5.05. The molecule has 102 valence electrons. The lowest BCUT2D eigenvalue weighted by Gasteiger charge is -2.33. The highest BCUT2D eigenvalue weighted by molar-refractivity contribution is 8.07. The van der Waals surface area contributed by atoms with Crippen molar-refractivity contribution in [3.8, 4) is 0 Å². The van der Waals surface area contributed by atoms with Crippen molar-refractivity contribution < 1.29 is 5.11 Å². The van der Waals surface area contributed by atoms with Crippen molar-refractivity contribution in [2.45, 2.75) is 55.6 Å². The quantitative estimate of drug-likeness (QED) is 0.915. The van der Waals surface area contributed by atoms with Gasteiger partial charge in [-0.1, -0.05) is 13.8 Å². The van der Waals surface area contributed by atoms with Crippen LogP contribution in [0, 0.1) is 0 Å². The fraction of sp³-hybridized carbons (Fsp3) is 0.833. The Morgan fingerprint density at radius 3 is 2.94 bits per heavy atom. The second-order valence-corrected chi connectivity index (χ2v) is 7.71. The topological polar surface area (TPSA) is 50.9 Å². The minimum Gasteiger partial charge on any atom is -0.391 e. The maximum atomic E-state index is 10.4. The first-order valence-corrected chi connectivity index (χ1v) is 8.42. The standard InChI is InChI=1S/C12H21N3OS2/c1-4-15-12(13-7-14-15)5-10(16)11-6-17-8(2)9(3)18-11/h7-11,16H,4-6H2,1-3H3. The van der Waals surface area contributed by atoms with Crippen LogP contribution in [0.3, 0.4) is 0 Å². The first-order valence-electron chi connectivity index (χ1n) is 6.43. The van der Waals surface area contributed by atoms with E-state index in [0.29, 0.717) is 22.2 Å². The van der Waals surface area contributed by atoms with E-state index in [-0.39, 0.29) is 6.10 Å². The van der Waals surface area contributed by atoms with Gasteiger partial charge in [-0.2, -0.15) is 28.6 Å². The highest BCUT2D eigenvalue weighted by Gasteiger charge is 2.31. The second-order valence-electron chi connectivity index (χ2n) is 4.68. The summed E-state index contributed by atoms with van der Waals surface area (Å²) in [6.07, 6.45) is 1.85. The lowest BCUT2D eigenvalue weighted by Crippen LogP contribution is -2.36. The highest BCUT2D eigenvalue weighted by Crippen LogP contribution is 2.37. The minimum absolute atomic E-state index is 0.309. The molecule has 1 N–H and O–H groups in total. The highest BCUT2D eigenvalue weighted by atomic mass is 32.2. The monoisotopic (exact) mass is 287 g/mol. The van der Waals surface area contributed by atoms with Gasteiger partial charge in [-0.3, -0.25) is 4.68 Å². The molecule has 0 aliphatic carbocycles. The summed E-state index contributed by atoms with van der Waals surface area (Å²) in [5, 5.41) is 16.1. The SMILES string of the molecule is CCn1ncnc1CC(O)C1CSC(C)C(C)S1. The predicted octanol–water partition coefficient (Wildman–Crippen LogP) is 1.83. The number of hydrogen-bond donors (Lipinski definition) is 1. The molecule has 4 nitrogen and oxygen atoms in total. The Kier molecular flexibility index (Phi) is 4.98. The third-order valence-corrected chi connectivity index (χ3v) is 6.93. The molecule has 1 aliphatic rings. The van der Waals surface area contributed by atoms with Crippen LogP contribution >= 0.6 is 23.5 Å². The van der Waals surface area contributed by atoms with E-state index in [1.807, 2.05) is 35.1 Å². The van der Waals surface area contributed by atoms with E-state index >= 15 is 0 Å². The summed E-state index contributed by atoms with van der Waals surface area (Å²) < 4.78 is 1.86. The van der Waals surface area contributed by atoms with Gasteiger partial charge in [-0.15, -0.1) is 0 Å². The zero-order valence-electron chi connectivity index (χ0n) is 11.1. The van der Waals surface area contributed by atoms with Gasteiger partial charge in [0.05, 0.1) is 6.10 Å². The first kappa shape index (κ1) is 14.2. The zero-order chi connectivity index (χ0) is 13.1. The van der Waals surface area contributed by atoms with Crippen LogP contribution in [-0.4, -0.2) is 47.5 Å². The van der Waals surface area contributed by atoms with Crippen molar-refractivity contribution in [1.82, 2.24) is 14.8 Å². The zero-order valence-corrected chi connectivity index (χ0v) is 12.7. The molecule has 1 saturated heterocycles. The summed E-state index contributed by atoms with van der Waals surface area (Å²) in [5.74, 6) is 1.92. The van der Waals surface area contributed by atoms with Gasteiger partial charge in [0.2, 0.25) is 0 Å². The molecule has 6 heteroatoms. The van der Waals surface area contributed by atoms with Crippen LogP contribution < -0.4 is 0 Å². The van der Waals surface area contributed by atoms with Crippen molar-refractivity contribution in [1.29, 1.82) is 0 Å². The minimum atomic E-state index is -0.327. The third kappa shape index (κ3) is 3.22. The molecule has 4 unspecified atom stereocenters. The Hall–Kier alpha value is -0.200. The van der Waals surface area contributed by atoms with Crippen molar-refractivity contribution in [3.63, 3.8) is 0 Å². The summed E-state index contributed by atoms with van der Waals surface area (Å²) in [4.78, 5) is 4.23. The summed E-state index contributed by atoms with van der Waals surface area (Å²) in [5.41, 5.74) is 0. The number of aromatic nitrogens is 3. The molecule has 0 amide bonds. The normalized spacial score (nSPS) is 30.3. The average Bonchev–Trinajstić information content (AvgIpc) is 2.79. The molecule has 1 fully saturated rings. The van der Waals surface area contributed by atoms with Gasteiger partial charge < -0.3 is 5.11 Å². The van der Waals surface area contributed by atoms with Crippen LogP contribution in [0.1, 0.15) is 26.6 Å². The number of nitrogens with zero attached hydrogens (tertiary/aromatic N) is 3. The fourth-order valence-electron chi connectivity index (χ4n) is 2.04. The van der Waals surface area contributed by atoms with E-state index in [2.05, 4.69) is 23.9 Å². The smallest absolute Gasteiger partial charge is 0.138 e. The van der Waals surface area contributed by atoms with Gasteiger partial charge in [-0.05, 0) is 6.92 Å². The summed E-state index contributed by atoms with van der Waals surface area (Å²) in [7, 11) is 0. The van der Waals surface area contributed by atoms with Crippen LogP contribution in [0.25, 0.3) is 0 Å². The van der Waals surface area contributed by atoms with E-state index in [9.17, 15) is 5.11 Å². The number of aliphatic hydroxyl groups excluding tert-OH is 1. The van der Waals surface area contributed by atoms with Crippen LogP contribution in [0.5, 0.6) is 0 Å². The molecule has 18 heavy (non-hydrogen) atoms. The Balaban J connectivity index is 1.94. The molecule has 0 saturated carbocycles. The Labute approximate surface area is 117 Å². The number of aryl methyl sites for hydroxylation is 1. The molecular weight excluding hydrogens is 266 g/mol. The van der Waals surface area contributed by atoms with Crippen molar-refractivity contribution >= 4 is 23.5 Å². The molecular formula is C12H21N3OS2. The molecule has 0 radical (unpaired) electrons. The van der Waals surface area contributed by atoms with E-state index in [0.717, 1.165) is 18.1 Å². The lowest BCUT2D eigenvalue weighted by atomic mass is 10.2. The third-order valence-electron chi connectivity index (χ3n) is 3.39.